The molecule has 0 saturated heterocycles. The average Bonchev–Trinajstić information content (AvgIpc) is 3.07. The highest BCUT2D eigenvalue weighted by Crippen LogP contribution is 2.23. The molecule has 0 aliphatic rings. The van der Waals surface area contributed by atoms with E-state index in [9.17, 15) is 10.1 Å². The van der Waals surface area contributed by atoms with Gasteiger partial charge in [0.2, 0.25) is 5.78 Å². The first-order valence-electron chi connectivity index (χ1n) is 7.29. The fourth-order valence-corrected chi connectivity index (χ4v) is 3.32. The number of ketones is 1. The number of nitrogens with zero attached hydrogens (tertiary/aromatic N) is 3. The second kappa shape index (κ2) is 6.30. The van der Waals surface area contributed by atoms with Gasteiger partial charge in [0.05, 0.1) is 18.5 Å². The van der Waals surface area contributed by atoms with Crippen LogP contribution in [-0.4, -0.2) is 22.3 Å². The number of allylic oxidation sites excluding steroid dienone is 1. The SMILES string of the molecule is COc1ccc(C(=O)/C(C#N)=C/c2c(C)nc3sc(C)cn23)cc1. The number of benzene rings is 1. The van der Waals surface area contributed by atoms with Crippen molar-refractivity contribution in [2.45, 2.75) is 13.8 Å². The highest BCUT2D eigenvalue weighted by Gasteiger charge is 2.16. The molecule has 3 rings (SSSR count). The molecule has 24 heavy (non-hydrogen) atoms. The number of hydrogen-bond donors (Lipinski definition) is 0. The van der Waals surface area contributed by atoms with E-state index in [1.54, 1.807) is 48.8 Å². The van der Waals surface area contributed by atoms with Crippen LogP contribution >= 0.6 is 11.3 Å². The molecule has 0 aliphatic carbocycles. The molecule has 5 nitrogen and oxygen atoms in total. The number of nitriles is 1. The van der Waals surface area contributed by atoms with Crippen LogP contribution in [0.25, 0.3) is 11.0 Å². The van der Waals surface area contributed by atoms with Gasteiger partial charge in [-0.3, -0.25) is 9.20 Å². The predicted molar refractivity (Wildman–Crippen MR) is 93.5 cm³/mol. The van der Waals surface area contributed by atoms with E-state index < -0.39 is 0 Å². The van der Waals surface area contributed by atoms with Crippen LogP contribution in [0, 0.1) is 25.2 Å². The summed E-state index contributed by atoms with van der Waals surface area (Å²) in [7, 11) is 1.56. The molecule has 0 spiro atoms. The number of hydrogen-bond acceptors (Lipinski definition) is 5. The first-order chi connectivity index (χ1) is 11.5. The Bertz CT molecular complexity index is 988. The first kappa shape index (κ1) is 16.0. The molecule has 0 radical (unpaired) electrons. The van der Waals surface area contributed by atoms with Crippen LogP contribution in [0.1, 0.15) is 26.6 Å². The minimum Gasteiger partial charge on any atom is -0.497 e. The molecule has 2 aromatic heterocycles. The van der Waals surface area contributed by atoms with Crippen molar-refractivity contribution in [3.63, 3.8) is 0 Å². The zero-order valence-electron chi connectivity index (χ0n) is 13.5. The number of aryl methyl sites for hydroxylation is 2. The summed E-state index contributed by atoms with van der Waals surface area (Å²) in [6.07, 6.45) is 3.56. The third kappa shape index (κ3) is 2.82. The summed E-state index contributed by atoms with van der Waals surface area (Å²) in [5, 5.41) is 9.43. The van der Waals surface area contributed by atoms with Gasteiger partial charge in [0.25, 0.3) is 0 Å². The van der Waals surface area contributed by atoms with Gasteiger partial charge in [-0.1, -0.05) is 0 Å². The van der Waals surface area contributed by atoms with Crippen LogP contribution in [0.15, 0.2) is 36.0 Å². The number of methoxy groups -OCH3 is 1. The lowest BCUT2D eigenvalue weighted by molar-refractivity contribution is 0.104. The number of rotatable bonds is 4. The lowest BCUT2D eigenvalue weighted by Gasteiger charge is -2.02. The van der Waals surface area contributed by atoms with Crippen LogP contribution in [0.4, 0.5) is 0 Å². The number of fused-ring (bicyclic) bond motifs is 1. The average molecular weight is 337 g/mol. The largest absolute Gasteiger partial charge is 0.497 e. The van der Waals surface area contributed by atoms with Gasteiger partial charge in [0.15, 0.2) is 4.96 Å². The topological polar surface area (TPSA) is 67.4 Å². The van der Waals surface area contributed by atoms with E-state index in [4.69, 9.17) is 4.74 Å². The van der Waals surface area contributed by atoms with Gasteiger partial charge in [-0.25, -0.2) is 4.98 Å². The minimum absolute atomic E-state index is 0.0777. The van der Waals surface area contributed by atoms with E-state index in [0.29, 0.717) is 11.3 Å². The lowest BCUT2D eigenvalue weighted by Crippen LogP contribution is -2.02. The number of aromatic nitrogens is 2. The Kier molecular flexibility index (Phi) is 4.19. The molecule has 1 aromatic carbocycles. The van der Waals surface area contributed by atoms with Crippen molar-refractivity contribution in [2.24, 2.45) is 0 Å². The number of carbonyl (C=O) groups excluding carboxylic acids is 1. The maximum atomic E-state index is 12.6. The Labute approximate surface area is 143 Å². The second-order valence-electron chi connectivity index (χ2n) is 5.30. The summed E-state index contributed by atoms with van der Waals surface area (Å²) >= 11 is 1.57. The van der Waals surface area contributed by atoms with E-state index in [-0.39, 0.29) is 11.4 Å². The van der Waals surface area contributed by atoms with E-state index >= 15 is 0 Å². The Hall–Kier alpha value is -2.91. The van der Waals surface area contributed by atoms with Gasteiger partial charge in [0, 0.05) is 16.6 Å². The van der Waals surface area contributed by atoms with Crippen LogP contribution < -0.4 is 4.74 Å². The lowest BCUT2D eigenvalue weighted by atomic mass is 10.0. The molecule has 0 unspecified atom stereocenters. The monoisotopic (exact) mass is 337 g/mol. The quantitative estimate of drug-likeness (QED) is 0.412. The highest BCUT2D eigenvalue weighted by molar-refractivity contribution is 7.17. The number of ether oxygens (including phenoxy) is 1. The molecule has 0 atom stereocenters. The normalized spacial score (nSPS) is 11.5. The van der Waals surface area contributed by atoms with Crippen LogP contribution in [-0.2, 0) is 0 Å². The molecule has 0 N–H and O–H groups in total. The Morgan fingerprint density at radius 1 is 1.33 bits per heavy atom. The summed E-state index contributed by atoms with van der Waals surface area (Å²) in [6, 6.07) is 8.72. The van der Waals surface area contributed by atoms with Gasteiger partial charge >= 0.3 is 0 Å². The summed E-state index contributed by atoms with van der Waals surface area (Å²) < 4.78 is 7.00. The fourth-order valence-electron chi connectivity index (χ4n) is 2.44. The third-order valence-electron chi connectivity index (χ3n) is 3.66. The van der Waals surface area contributed by atoms with E-state index in [1.807, 2.05) is 30.5 Å². The molecule has 3 aromatic rings. The molecule has 120 valence electrons. The maximum Gasteiger partial charge on any atom is 0.203 e. The predicted octanol–water partition coefficient (Wildman–Crippen LogP) is 3.81. The zero-order valence-corrected chi connectivity index (χ0v) is 14.3. The van der Waals surface area contributed by atoms with Crippen molar-refractivity contribution >= 4 is 28.2 Å². The standard InChI is InChI=1S/C18H15N3O2S/c1-11-10-21-16(12(2)20-18(21)24-11)8-14(9-19)17(22)13-4-6-15(23-3)7-5-13/h4-8,10H,1-3H3/b14-8+. The van der Waals surface area contributed by atoms with Gasteiger partial charge in [-0.05, 0) is 44.2 Å². The smallest absolute Gasteiger partial charge is 0.203 e. The van der Waals surface area contributed by atoms with E-state index in [0.717, 1.165) is 21.2 Å². The molecule has 0 aliphatic heterocycles. The highest BCUT2D eigenvalue weighted by atomic mass is 32.1. The van der Waals surface area contributed by atoms with Crippen molar-refractivity contribution in [2.75, 3.05) is 7.11 Å². The van der Waals surface area contributed by atoms with Crippen LogP contribution in [0.2, 0.25) is 0 Å². The van der Waals surface area contributed by atoms with E-state index in [2.05, 4.69) is 4.98 Å². The van der Waals surface area contributed by atoms with Crippen molar-refractivity contribution < 1.29 is 9.53 Å². The minimum atomic E-state index is -0.318. The zero-order chi connectivity index (χ0) is 17.3. The number of carbonyl (C=O) groups is 1. The fraction of sp³-hybridized carbons (Fsp3) is 0.167. The number of imidazole rings is 1. The van der Waals surface area contributed by atoms with Crippen molar-refractivity contribution in [1.82, 2.24) is 9.38 Å². The first-order valence-corrected chi connectivity index (χ1v) is 8.10. The van der Waals surface area contributed by atoms with Crippen molar-refractivity contribution in [3.05, 3.63) is 57.9 Å². The van der Waals surface area contributed by atoms with Crippen molar-refractivity contribution in [1.29, 1.82) is 5.26 Å². The van der Waals surface area contributed by atoms with Gasteiger partial charge < -0.3 is 4.74 Å². The molecule has 0 bridgehead atoms. The van der Waals surface area contributed by atoms with Gasteiger partial charge in [0.1, 0.15) is 17.4 Å². The maximum absolute atomic E-state index is 12.6. The molecule has 6 heteroatoms. The number of thiazole rings is 1. The Morgan fingerprint density at radius 3 is 2.67 bits per heavy atom. The summed E-state index contributed by atoms with van der Waals surface area (Å²) in [4.78, 5) is 19.0. The summed E-state index contributed by atoms with van der Waals surface area (Å²) in [5.74, 6) is 0.345. The molecular weight excluding hydrogens is 322 g/mol. The molecule has 0 fully saturated rings. The van der Waals surface area contributed by atoms with Crippen LogP contribution in [0.5, 0.6) is 5.75 Å². The Morgan fingerprint density at radius 2 is 2.04 bits per heavy atom. The van der Waals surface area contributed by atoms with Gasteiger partial charge in [-0.2, -0.15) is 5.26 Å². The van der Waals surface area contributed by atoms with Crippen molar-refractivity contribution in [3.8, 4) is 11.8 Å². The van der Waals surface area contributed by atoms with E-state index in [1.165, 1.54) is 0 Å². The Balaban J connectivity index is 2.03. The molecular formula is C18H15N3O2S. The molecule has 0 amide bonds. The van der Waals surface area contributed by atoms with Crippen LogP contribution in [0.3, 0.4) is 0 Å². The second-order valence-corrected chi connectivity index (χ2v) is 6.52. The molecule has 0 saturated carbocycles. The summed E-state index contributed by atoms with van der Waals surface area (Å²) in [5.41, 5.74) is 2.07. The number of Topliss-reactive ketones (excluding diaryl/α,β-unsaturated/α-hetero) is 1. The van der Waals surface area contributed by atoms with Gasteiger partial charge in [-0.15, -0.1) is 11.3 Å². The summed E-state index contributed by atoms with van der Waals surface area (Å²) in [6.45, 7) is 3.86. The third-order valence-corrected chi connectivity index (χ3v) is 4.56. The molecule has 2 heterocycles.